The largest absolute Gasteiger partial charge is 0.490 e. The number of benzene rings is 1. The van der Waals surface area contributed by atoms with Gasteiger partial charge in [-0.1, -0.05) is 12.1 Å². The van der Waals surface area contributed by atoms with Crippen molar-refractivity contribution in [1.82, 2.24) is 9.97 Å². The second-order valence-electron chi connectivity index (χ2n) is 4.79. The number of hydrogen-bond donors (Lipinski definition) is 1. The van der Waals surface area contributed by atoms with Crippen LogP contribution in [0.2, 0.25) is 0 Å². The van der Waals surface area contributed by atoms with Gasteiger partial charge in [-0.3, -0.25) is 4.79 Å². The van der Waals surface area contributed by atoms with E-state index in [1.807, 2.05) is 52.0 Å². The molecule has 0 radical (unpaired) electrons. The summed E-state index contributed by atoms with van der Waals surface area (Å²) >= 11 is 0. The Balaban J connectivity index is 2.59. The Morgan fingerprint density at radius 3 is 2.58 bits per heavy atom. The van der Waals surface area contributed by atoms with Crippen LogP contribution in [0.4, 0.5) is 0 Å². The molecule has 100 valence electrons. The van der Waals surface area contributed by atoms with Gasteiger partial charge in [0.15, 0.2) is 0 Å². The summed E-state index contributed by atoms with van der Waals surface area (Å²) in [7, 11) is 0. The topological polar surface area (TPSA) is 55.0 Å². The molecule has 0 aliphatic rings. The number of H-pyrrole nitrogens is 1. The Hall–Kier alpha value is -2.10. The number of aromatic amines is 1. The summed E-state index contributed by atoms with van der Waals surface area (Å²) < 4.78 is 5.73. The van der Waals surface area contributed by atoms with Crippen LogP contribution in [0, 0.1) is 13.8 Å². The number of hydrogen-bond acceptors (Lipinski definition) is 3. The lowest BCUT2D eigenvalue weighted by Gasteiger charge is -2.13. The molecule has 2 rings (SSSR count). The lowest BCUT2D eigenvalue weighted by atomic mass is 10.1. The Labute approximate surface area is 112 Å². The highest BCUT2D eigenvalue weighted by Crippen LogP contribution is 2.27. The van der Waals surface area contributed by atoms with Gasteiger partial charge in [0, 0.05) is 11.3 Å². The van der Waals surface area contributed by atoms with Gasteiger partial charge in [-0.15, -0.1) is 0 Å². The number of aryl methyl sites for hydroxylation is 2. The molecular weight excluding hydrogens is 240 g/mol. The van der Waals surface area contributed by atoms with Crippen molar-refractivity contribution in [3.05, 3.63) is 46.0 Å². The first-order valence-electron chi connectivity index (χ1n) is 6.32. The van der Waals surface area contributed by atoms with E-state index in [-0.39, 0.29) is 11.7 Å². The average molecular weight is 258 g/mol. The number of nitrogens with one attached hydrogen (secondary N) is 1. The van der Waals surface area contributed by atoms with Gasteiger partial charge in [-0.05, 0) is 39.8 Å². The molecule has 0 aliphatic carbocycles. The van der Waals surface area contributed by atoms with Gasteiger partial charge in [-0.25, -0.2) is 4.98 Å². The van der Waals surface area contributed by atoms with E-state index < -0.39 is 0 Å². The van der Waals surface area contributed by atoms with Gasteiger partial charge in [-0.2, -0.15) is 0 Å². The SMILES string of the molecule is Cc1nc(-c2ccccc2OC(C)C)c(=O)[nH]c1C. The summed E-state index contributed by atoms with van der Waals surface area (Å²) in [4.78, 5) is 19.3. The van der Waals surface area contributed by atoms with Crippen LogP contribution >= 0.6 is 0 Å². The van der Waals surface area contributed by atoms with Gasteiger partial charge >= 0.3 is 0 Å². The highest BCUT2D eigenvalue weighted by Gasteiger charge is 2.13. The zero-order valence-corrected chi connectivity index (χ0v) is 11.7. The molecule has 2 aromatic rings. The lowest BCUT2D eigenvalue weighted by Crippen LogP contribution is -2.15. The van der Waals surface area contributed by atoms with Crippen LogP contribution in [0.5, 0.6) is 5.75 Å². The first kappa shape index (κ1) is 13.3. The number of rotatable bonds is 3. The van der Waals surface area contributed by atoms with E-state index in [4.69, 9.17) is 4.74 Å². The normalized spacial score (nSPS) is 10.8. The lowest BCUT2D eigenvalue weighted by molar-refractivity contribution is 0.243. The Bertz CT molecular complexity index is 645. The molecule has 0 fully saturated rings. The van der Waals surface area contributed by atoms with Gasteiger partial charge in [0.25, 0.3) is 5.56 Å². The third-order valence-corrected chi connectivity index (χ3v) is 2.84. The smallest absolute Gasteiger partial charge is 0.274 e. The van der Waals surface area contributed by atoms with Crippen LogP contribution in [0.1, 0.15) is 25.2 Å². The molecule has 1 aromatic carbocycles. The quantitative estimate of drug-likeness (QED) is 0.921. The number of para-hydroxylation sites is 1. The summed E-state index contributed by atoms with van der Waals surface area (Å²) in [5, 5.41) is 0. The first-order valence-corrected chi connectivity index (χ1v) is 6.32. The zero-order chi connectivity index (χ0) is 14.0. The molecule has 4 nitrogen and oxygen atoms in total. The third-order valence-electron chi connectivity index (χ3n) is 2.84. The molecule has 0 unspecified atom stereocenters. The van der Waals surface area contributed by atoms with Crippen molar-refractivity contribution in [3.63, 3.8) is 0 Å². The second kappa shape index (κ2) is 5.26. The molecule has 0 spiro atoms. The van der Waals surface area contributed by atoms with Crippen molar-refractivity contribution >= 4 is 0 Å². The van der Waals surface area contributed by atoms with Crippen molar-refractivity contribution in [2.24, 2.45) is 0 Å². The summed E-state index contributed by atoms with van der Waals surface area (Å²) in [5.41, 5.74) is 2.53. The molecule has 0 atom stereocenters. The van der Waals surface area contributed by atoms with E-state index in [0.717, 1.165) is 17.0 Å². The van der Waals surface area contributed by atoms with Crippen LogP contribution < -0.4 is 10.3 Å². The highest BCUT2D eigenvalue weighted by atomic mass is 16.5. The molecule has 1 N–H and O–H groups in total. The third kappa shape index (κ3) is 2.84. The van der Waals surface area contributed by atoms with Gasteiger partial charge in [0.2, 0.25) is 0 Å². The molecule has 19 heavy (non-hydrogen) atoms. The van der Waals surface area contributed by atoms with E-state index in [2.05, 4.69) is 9.97 Å². The monoisotopic (exact) mass is 258 g/mol. The highest BCUT2D eigenvalue weighted by molar-refractivity contribution is 5.66. The molecule has 4 heteroatoms. The van der Waals surface area contributed by atoms with E-state index in [0.29, 0.717) is 11.4 Å². The fourth-order valence-electron chi connectivity index (χ4n) is 1.82. The van der Waals surface area contributed by atoms with E-state index in [1.54, 1.807) is 0 Å². The predicted molar refractivity (Wildman–Crippen MR) is 75.5 cm³/mol. The van der Waals surface area contributed by atoms with Crippen LogP contribution in [-0.4, -0.2) is 16.1 Å². The molecule has 0 aliphatic heterocycles. The Morgan fingerprint density at radius 2 is 1.89 bits per heavy atom. The molecule has 0 saturated heterocycles. The minimum atomic E-state index is -0.192. The zero-order valence-electron chi connectivity index (χ0n) is 11.7. The van der Waals surface area contributed by atoms with E-state index >= 15 is 0 Å². The number of aromatic nitrogens is 2. The van der Waals surface area contributed by atoms with E-state index in [1.165, 1.54) is 0 Å². The summed E-state index contributed by atoms with van der Waals surface area (Å²) in [6.07, 6.45) is 0.0479. The van der Waals surface area contributed by atoms with Crippen molar-refractivity contribution in [2.45, 2.75) is 33.8 Å². The molecule has 1 heterocycles. The maximum Gasteiger partial charge on any atom is 0.274 e. The van der Waals surface area contributed by atoms with Crippen LogP contribution in [0.25, 0.3) is 11.3 Å². The summed E-state index contributed by atoms with van der Waals surface area (Å²) in [6.45, 7) is 7.62. The maximum absolute atomic E-state index is 12.1. The predicted octanol–water partition coefficient (Wildman–Crippen LogP) is 2.84. The van der Waals surface area contributed by atoms with Crippen LogP contribution in [0.15, 0.2) is 29.1 Å². The Morgan fingerprint density at radius 1 is 1.21 bits per heavy atom. The van der Waals surface area contributed by atoms with Gasteiger partial charge in [0.1, 0.15) is 11.4 Å². The number of ether oxygens (including phenoxy) is 1. The van der Waals surface area contributed by atoms with E-state index in [9.17, 15) is 4.79 Å². The Kier molecular flexibility index (Phi) is 3.69. The fraction of sp³-hybridized carbons (Fsp3) is 0.333. The fourth-order valence-corrected chi connectivity index (χ4v) is 1.82. The number of nitrogens with zero attached hydrogens (tertiary/aromatic N) is 1. The van der Waals surface area contributed by atoms with Crippen LogP contribution in [0.3, 0.4) is 0 Å². The first-order chi connectivity index (χ1) is 8.99. The summed E-state index contributed by atoms with van der Waals surface area (Å²) in [6, 6.07) is 7.46. The van der Waals surface area contributed by atoms with Gasteiger partial charge in [0.05, 0.1) is 11.8 Å². The average Bonchev–Trinajstić information content (AvgIpc) is 2.34. The van der Waals surface area contributed by atoms with Crippen molar-refractivity contribution in [2.75, 3.05) is 0 Å². The standard InChI is InChI=1S/C15H18N2O2/c1-9(2)19-13-8-6-5-7-12(13)14-15(18)17-11(4)10(3)16-14/h5-9H,1-4H3,(H,17,18). The van der Waals surface area contributed by atoms with Gasteiger partial charge < -0.3 is 9.72 Å². The van der Waals surface area contributed by atoms with Crippen LogP contribution in [-0.2, 0) is 0 Å². The van der Waals surface area contributed by atoms with Crippen molar-refractivity contribution in [3.8, 4) is 17.0 Å². The minimum Gasteiger partial charge on any atom is -0.490 e. The molecule has 0 bridgehead atoms. The second-order valence-corrected chi connectivity index (χ2v) is 4.79. The molecule has 1 aromatic heterocycles. The molecule has 0 amide bonds. The van der Waals surface area contributed by atoms with Crippen molar-refractivity contribution < 1.29 is 4.74 Å². The molecule has 0 saturated carbocycles. The maximum atomic E-state index is 12.1. The minimum absolute atomic E-state index is 0.0479. The van der Waals surface area contributed by atoms with Crippen molar-refractivity contribution in [1.29, 1.82) is 0 Å². The summed E-state index contributed by atoms with van der Waals surface area (Å²) in [5.74, 6) is 0.679. The molecular formula is C15H18N2O2.